The minimum atomic E-state index is 0.727. The minimum Gasteiger partial charge on any atom is -0.339 e. The number of hydrogen-bond donors (Lipinski definition) is 1. The fraction of sp³-hybridized carbons (Fsp3) is 0.889. The predicted octanol–water partition coefficient (Wildman–Crippen LogP) is 1.06. The molecular weight excluding hydrogens is 122 g/mol. The SMILES string of the molecule is [CH2-]C1C2CC3C1NC3C2C. The molecule has 2 bridgehead atoms. The van der Waals surface area contributed by atoms with Crippen LogP contribution in [0.5, 0.6) is 0 Å². The van der Waals surface area contributed by atoms with E-state index in [2.05, 4.69) is 19.2 Å². The Labute approximate surface area is 62.2 Å². The summed E-state index contributed by atoms with van der Waals surface area (Å²) in [5.41, 5.74) is 0. The minimum absolute atomic E-state index is 0.727. The van der Waals surface area contributed by atoms with Gasteiger partial charge in [-0.15, -0.1) is 0 Å². The Hall–Kier alpha value is -0.0400. The smallest absolute Gasteiger partial charge is 0.0139 e. The van der Waals surface area contributed by atoms with Crippen LogP contribution in [0.25, 0.3) is 0 Å². The molecule has 1 aliphatic heterocycles. The number of piperidine rings is 1. The Kier molecular flexibility index (Phi) is 0.797. The molecule has 0 spiro atoms. The third-order valence-corrected chi connectivity index (χ3v) is 4.10. The molecule has 0 radical (unpaired) electrons. The van der Waals surface area contributed by atoms with E-state index in [0.29, 0.717) is 0 Å². The maximum Gasteiger partial charge on any atom is 0.0139 e. The molecule has 1 saturated heterocycles. The van der Waals surface area contributed by atoms with Crippen LogP contribution >= 0.6 is 0 Å². The molecule has 2 aliphatic carbocycles. The van der Waals surface area contributed by atoms with Crippen molar-refractivity contribution in [2.45, 2.75) is 25.4 Å². The Morgan fingerprint density at radius 3 is 2.50 bits per heavy atom. The standard InChI is InChI=1S/C9H14N/c1-4-6-3-7-8(4)10-9(7)5(6)2/h4-10H,1,3H2,2H3/q-1. The summed E-state index contributed by atoms with van der Waals surface area (Å²) in [5.74, 6) is 3.62. The Bertz CT molecular complexity index is 158. The lowest BCUT2D eigenvalue weighted by Gasteiger charge is -2.53. The van der Waals surface area contributed by atoms with Gasteiger partial charge in [0, 0.05) is 6.04 Å². The lowest BCUT2D eigenvalue weighted by Crippen LogP contribution is -2.65. The molecule has 0 amide bonds. The van der Waals surface area contributed by atoms with Gasteiger partial charge in [0.1, 0.15) is 0 Å². The molecular formula is C9H14N-. The molecule has 3 fully saturated rings. The molecule has 6 atom stereocenters. The summed E-state index contributed by atoms with van der Waals surface area (Å²) in [6.45, 7) is 6.61. The molecule has 3 rings (SSSR count). The van der Waals surface area contributed by atoms with E-state index < -0.39 is 0 Å². The molecule has 1 heteroatoms. The summed E-state index contributed by atoms with van der Waals surface area (Å²) in [6.07, 6.45) is 1.47. The van der Waals surface area contributed by atoms with E-state index in [0.717, 1.165) is 35.8 Å². The van der Waals surface area contributed by atoms with E-state index in [4.69, 9.17) is 0 Å². The maximum absolute atomic E-state index is 4.23. The van der Waals surface area contributed by atoms with Crippen molar-refractivity contribution in [1.82, 2.24) is 5.32 Å². The first-order valence-corrected chi connectivity index (χ1v) is 4.38. The van der Waals surface area contributed by atoms with Gasteiger partial charge in [-0.3, -0.25) is 0 Å². The molecule has 0 aromatic heterocycles. The van der Waals surface area contributed by atoms with Gasteiger partial charge in [-0.1, -0.05) is 12.8 Å². The summed E-state index contributed by atoms with van der Waals surface area (Å²) < 4.78 is 0. The highest BCUT2D eigenvalue weighted by atomic mass is 15.1. The average Bonchev–Trinajstić information content (AvgIpc) is 2.16. The molecule has 2 saturated carbocycles. The van der Waals surface area contributed by atoms with Gasteiger partial charge in [-0.25, -0.2) is 0 Å². The summed E-state index contributed by atoms with van der Waals surface area (Å²) in [4.78, 5) is 0. The largest absolute Gasteiger partial charge is 0.339 e. The molecule has 3 aliphatic rings. The third-order valence-electron chi connectivity index (χ3n) is 4.10. The van der Waals surface area contributed by atoms with E-state index in [1.807, 2.05) is 0 Å². The zero-order chi connectivity index (χ0) is 6.88. The molecule has 1 heterocycles. The second-order valence-electron chi connectivity index (χ2n) is 4.30. The summed E-state index contributed by atoms with van der Waals surface area (Å²) in [6, 6.07) is 1.69. The molecule has 1 nitrogen and oxygen atoms in total. The zero-order valence-electron chi connectivity index (χ0n) is 6.38. The molecule has 0 aromatic carbocycles. The van der Waals surface area contributed by atoms with Crippen molar-refractivity contribution in [3.8, 4) is 0 Å². The molecule has 6 unspecified atom stereocenters. The Balaban J connectivity index is 2.00. The second-order valence-corrected chi connectivity index (χ2v) is 4.30. The van der Waals surface area contributed by atoms with Crippen molar-refractivity contribution in [3.63, 3.8) is 0 Å². The number of fused-ring (bicyclic) bond motifs is 1. The topological polar surface area (TPSA) is 12.0 Å². The van der Waals surface area contributed by atoms with Crippen LogP contribution in [-0.4, -0.2) is 12.1 Å². The van der Waals surface area contributed by atoms with Gasteiger partial charge in [0.15, 0.2) is 0 Å². The van der Waals surface area contributed by atoms with Gasteiger partial charge < -0.3 is 12.2 Å². The van der Waals surface area contributed by atoms with Crippen molar-refractivity contribution in [2.75, 3.05) is 0 Å². The van der Waals surface area contributed by atoms with E-state index in [1.54, 1.807) is 0 Å². The monoisotopic (exact) mass is 136 g/mol. The quantitative estimate of drug-likeness (QED) is 0.491. The van der Waals surface area contributed by atoms with Crippen molar-refractivity contribution in [2.24, 2.45) is 23.7 Å². The van der Waals surface area contributed by atoms with E-state index in [9.17, 15) is 0 Å². The van der Waals surface area contributed by atoms with Gasteiger partial charge >= 0.3 is 0 Å². The Morgan fingerprint density at radius 2 is 2.10 bits per heavy atom. The highest BCUT2D eigenvalue weighted by Crippen LogP contribution is 2.57. The average molecular weight is 136 g/mol. The zero-order valence-corrected chi connectivity index (χ0v) is 6.38. The van der Waals surface area contributed by atoms with Crippen molar-refractivity contribution >= 4 is 0 Å². The normalized spacial score (nSPS) is 70.2. The number of hydrogen-bond acceptors (Lipinski definition) is 1. The van der Waals surface area contributed by atoms with Gasteiger partial charge in [-0.2, -0.15) is 5.92 Å². The van der Waals surface area contributed by atoms with Crippen LogP contribution in [0.4, 0.5) is 0 Å². The van der Waals surface area contributed by atoms with Gasteiger partial charge in [0.05, 0.1) is 0 Å². The predicted molar refractivity (Wildman–Crippen MR) is 40.3 cm³/mol. The first-order chi connectivity index (χ1) is 4.79. The maximum atomic E-state index is 4.23. The van der Waals surface area contributed by atoms with E-state index >= 15 is 0 Å². The first-order valence-electron chi connectivity index (χ1n) is 4.38. The lowest BCUT2D eigenvalue weighted by atomic mass is 9.70. The second kappa shape index (κ2) is 1.42. The van der Waals surface area contributed by atoms with Crippen LogP contribution in [0.3, 0.4) is 0 Å². The van der Waals surface area contributed by atoms with Crippen molar-refractivity contribution in [1.29, 1.82) is 0 Å². The summed E-state index contributed by atoms with van der Waals surface area (Å²) >= 11 is 0. The Morgan fingerprint density at radius 1 is 1.30 bits per heavy atom. The summed E-state index contributed by atoms with van der Waals surface area (Å²) in [5, 5.41) is 3.61. The summed E-state index contributed by atoms with van der Waals surface area (Å²) in [7, 11) is 0. The van der Waals surface area contributed by atoms with Crippen LogP contribution in [0.2, 0.25) is 0 Å². The van der Waals surface area contributed by atoms with Gasteiger partial charge in [-0.05, 0) is 24.3 Å². The van der Waals surface area contributed by atoms with Crippen LogP contribution in [-0.2, 0) is 0 Å². The van der Waals surface area contributed by atoms with Crippen LogP contribution in [0.15, 0.2) is 0 Å². The molecule has 0 aromatic rings. The fourth-order valence-corrected chi connectivity index (χ4v) is 3.48. The van der Waals surface area contributed by atoms with Crippen LogP contribution in [0.1, 0.15) is 13.3 Å². The highest BCUT2D eigenvalue weighted by Gasteiger charge is 2.59. The number of nitrogens with one attached hydrogen (secondary N) is 1. The van der Waals surface area contributed by atoms with Crippen molar-refractivity contribution < 1.29 is 0 Å². The number of rotatable bonds is 0. The van der Waals surface area contributed by atoms with E-state index in [1.165, 1.54) is 6.42 Å². The van der Waals surface area contributed by atoms with E-state index in [-0.39, 0.29) is 0 Å². The first kappa shape index (κ1) is 5.59. The van der Waals surface area contributed by atoms with Crippen molar-refractivity contribution in [3.05, 3.63) is 6.92 Å². The van der Waals surface area contributed by atoms with Crippen LogP contribution in [0, 0.1) is 30.6 Å². The van der Waals surface area contributed by atoms with Crippen LogP contribution < -0.4 is 5.32 Å². The highest BCUT2D eigenvalue weighted by molar-refractivity contribution is 5.18. The third kappa shape index (κ3) is 0.378. The van der Waals surface area contributed by atoms with Gasteiger partial charge in [0.25, 0.3) is 0 Å². The fourth-order valence-electron chi connectivity index (χ4n) is 3.48. The molecule has 1 N–H and O–H groups in total. The molecule has 56 valence electrons. The lowest BCUT2D eigenvalue weighted by molar-refractivity contribution is 0.0682. The molecule has 10 heavy (non-hydrogen) atoms. The van der Waals surface area contributed by atoms with Gasteiger partial charge in [0.2, 0.25) is 0 Å².